The molecule has 0 bridgehead atoms. The van der Waals surface area contributed by atoms with Crippen LogP contribution in [0.2, 0.25) is 10.0 Å². The quantitative estimate of drug-likeness (QED) is 0.778. The first-order valence-corrected chi connectivity index (χ1v) is 7.06. The maximum atomic E-state index is 9.11. The Balaban J connectivity index is 2.40. The lowest BCUT2D eigenvalue weighted by atomic mass is 10.1. The normalized spacial score (nSPS) is 10.2. The van der Waals surface area contributed by atoms with Crippen LogP contribution in [-0.2, 0) is 6.61 Å². The number of halogens is 3. The monoisotopic (exact) mass is 371 g/mol. The first-order chi connectivity index (χ1) is 9.55. The number of rotatable bonds is 3. The summed E-state index contributed by atoms with van der Waals surface area (Å²) in [5.41, 5.74) is 0.945. The summed E-state index contributed by atoms with van der Waals surface area (Å²) in [7, 11) is 0. The molecule has 2 rings (SSSR count). The summed E-state index contributed by atoms with van der Waals surface area (Å²) in [6, 6.07) is 10.0. The van der Waals surface area contributed by atoms with Crippen molar-refractivity contribution < 1.29 is 9.84 Å². The molecule has 0 radical (unpaired) electrons. The Morgan fingerprint density at radius 1 is 1.15 bits per heavy atom. The zero-order valence-electron chi connectivity index (χ0n) is 10.0. The Kier molecular flexibility index (Phi) is 4.90. The van der Waals surface area contributed by atoms with Gasteiger partial charge in [0.1, 0.15) is 17.6 Å². The Hall–Kier alpha value is -1.25. The maximum Gasteiger partial charge on any atom is 0.147 e. The molecule has 0 unspecified atom stereocenters. The van der Waals surface area contributed by atoms with Gasteiger partial charge >= 0.3 is 0 Å². The summed E-state index contributed by atoms with van der Waals surface area (Å²) in [5, 5.41) is 19.0. The third-order valence-corrected chi connectivity index (χ3v) is 4.03. The van der Waals surface area contributed by atoms with E-state index in [-0.39, 0.29) is 6.61 Å². The van der Waals surface area contributed by atoms with E-state index in [0.29, 0.717) is 37.1 Å². The van der Waals surface area contributed by atoms with Gasteiger partial charge in [-0.3, -0.25) is 0 Å². The highest BCUT2D eigenvalue weighted by Crippen LogP contribution is 2.37. The van der Waals surface area contributed by atoms with E-state index >= 15 is 0 Å². The average molecular weight is 373 g/mol. The van der Waals surface area contributed by atoms with Crippen molar-refractivity contribution in [3.8, 4) is 17.6 Å². The van der Waals surface area contributed by atoms with Crippen molar-refractivity contribution in [3.63, 3.8) is 0 Å². The van der Waals surface area contributed by atoms with Crippen LogP contribution >= 0.6 is 39.1 Å². The topological polar surface area (TPSA) is 53.2 Å². The summed E-state index contributed by atoms with van der Waals surface area (Å²) in [6.07, 6.45) is 0. The second kappa shape index (κ2) is 6.47. The molecule has 0 heterocycles. The Labute approximate surface area is 134 Å². The highest BCUT2D eigenvalue weighted by atomic mass is 79.9. The van der Waals surface area contributed by atoms with E-state index in [1.807, 2.05) is 6.07 Å². The molecule has 0 amide bonds. The lowest BCUT2D eigenvalue weighted by Gasteiger charge is -2.11. The number of aliphatic hydroxyl groups is 1. The fraction of sp³-hybridized carbons (Fsp3) is 0.0714. The van der Waals surface area contributed by atoms with Crippen molar-refractivity contribution in [1.82, 2.24) is 0 Å². The third-order valence-electron chi connectivity index (χ3n) is 2.54. The van der Waals surface area contributed by atoms with Gasteiger partial charge in [0.05, 0.1) is 22.2 Å². The second-order valence-electron chi connectivity index (χ2n) is 3.90. The molecule has 0 spiro atoms. The molecule has 102 valence electrons. The Morgan fingerprint density at radius 2 is 1.90 bits per heavy atom. The van der Waals surface area contributed by atoms with Crippen LogP contribution in [0.25, 0.3) is 0 Å². The number of benzene rings is 2. The van der Waals surface area contributed by atoms with Crippen LogP contribution < -0.4 is 4.74 Å². The predicted molar refractivity (Wildman–Crippen MR) is 81.3 cm³/mol. The predicted octanol–water partition coefficient (Wildman–Crippen LogP) is 4.91. The molecule has 0 aliphatic heterocycles. The van der Waals surface area contributed by atoms with Crippen LogP contribution in [0.3, 0.4) is 0 Å². The van der Waals surface area contributed by atoms with Gasteiger partial charge in [-0.15, -0.1) is 0 Å². The first kappa shape index (κ1) is 15.1. The van der Waals surface area contributed by atoms with Crippen molar-refractivity contribution in [3.05, 3.63) is 56.0 Å². The van der Waals surface area contributed by atoms with Crippen molar-refractivity contribution >= 4 is 39.1 Å². The maximum absolute atomic E-state index is 9.11. The van der Waals surface area contributed by atoms with Gasteiger partial charge in [-0.05, 0) is 39.7 Å². The molecular formula is C14H8BrCl2NO2. The molecule has 2 aromatic carbocycles. The lowest BCUT2D eigenvalue weighted by molar-refractivity contribution is 0.281. The first-order valence-electron chi connectivity index (χ1n) is 5.51. The highest BCUT2D eigenvalue weighted by Gasteiger charge is 2.11. The molecule has 2 aromatic rings. The molecule has 6 heteroatoms. The van der Waals surface area contributed by atoms with Crippen LogP contribution in [-0.4, -0.2) is 5.11 Å². The SMILES string of the molecule is N#Cc1cc(CO)ccc1Oc1cc(Cl)c(Br)cc1Cl. The van der Waals surface area contributed by atoms with Crippen LogP contribution in [0.5, 0.6) is 11.5 Å². The molecule has 0 saturated carbocycles. The lowest BCUT2D eigenvalue weighted by Crippen LogP contribution is -1.92. The Bertz CT molecular complexity index is 698. The van der Waals surface area contributed by atoms with E-state index in [0.717, 1.165) is 0 Å². The summed E-state index contributed by atoms with van der Waals surface area (Å²) in [6.45, 7) is -0.139. The summed E-state index contributed by atoms with van der Waals surface area (Å²) in [5.74, 6) is 0.707. The summed E-state index contributed by atoms with van der Waals surface area (Å²) >= 11 is 15.3. The highest BCUT2D eigenvalue weighted by molar-refractivity contribution is 9.10. The molecule has 0 saturated heterocycles. The number of aliphatic hydroxyl groups excluding tert-OH is 1. The number of hydrogen-bond donors (Lipinski definition) is 1. The molecule has 0 aliphatic rings. The van der Waals surface area contributed by atoms with E-state index < -0.39 is 0 Å². The van der Waals surface area contributed by atoms with Crippen molar-refractivity contribution in [2.45, 2.75) is 6.61 Å². The fourth-order valence-electron chi connectivity index (χ4n) is 1.55. The van der Waals surface area contributed by atoms with E-state index in [1.54, 1.807) is 30.3 Å². The fourth-order valence-corrected chi connectivity index (χ4v) is 2.38. The number of hydrogen-bond acceptors (Lipinski definition) is 3. The average Bonchev–Trinajstić information content (AvgIpc) is 2.45. The van der Waals surface area contributed by atoms with Crippen LogP contribution in [0.1, 0.15) is 11.1 Å². The van der Waals surface area contributed by atoms with Crippen LogP contribution in [0.4, 0.5) is 0 Å². The van der Waals surface area contributed by atoms with Gasteiger partial charge < -0.3 is 9.84 Å². The van der Waals surface area contributed by atoms with Gasteiger partial charge in [-0.25, -0.2) is 0 Å². The zero-order valence-corrected chi connectivity index (χ0v) is 13.1. The minimum atomic E-state index is -0.139. The standard InChI is InChI=1S/C14H8BrCl2NO2/c15-10-4-12(17)14(5-11(10)16)20-13-2-1-8(7-19)3-9(13)6-18/h1-5,19H,7H2. The minimum absolute atomic E-state index is 0.139. The van der Waals surface area contributed by atoms with Crippen molar-refractivity contribution in [1.29, 1.82) is 5.26 Å². The van der Waals surface area contributed by atoms with E-state index in [1.165, 1.54) is 0 Å². The van der Waals surface area contributed by atoms with Crippen LogP contribution in [0, 0.1) is 11.3 Å². The Morgan fingerprint density at radius 3 is 2.55 bits per heavy atom. The van der Waals surface area contributed by atoms with E-state index in [4.69, 9.17) is 38.3 Å². The molecule has 3 nitrogen and oxygen atoms in total. The van der Waals surface area contributed by atoms with Gasteiger partial charge in [0.2, 0.25) is 0 Å². The van der Waals surface area contributed by atoms with E-state index in [9.17, 15) is 0 Å². The largest absolute Gasteiger partial charge is 0.454 e. The molecule has 1 N–H and O–H groups in total. The zero-order chi connectivity index (χ0) is 14.7. The van der Waals surface area contributed by atoms with Gasteiger partial charge in [-0.2, -0.15) is 5.26 Å². The van der Waals surface area contributed by atoms with Crippen molar-refractivity contribution in [2.24, 2.45) is 0 Å². The third kappa shape index (κ3) is 3.25. The smallest absolute Gasteiger partial charge is 0.147 e. The molecular weight excluding hydrogens is 365 g/mol. The number of nitrogens with zero attached hydrogens (tertiary/aromatic N) is 1. The summed E-state index contributed by atoms with van der Waals surface area (Å²) < 4.78 is 6.28. The van der Waals surface area contributed by atoms with Crippen molar-refractivity contribution in [2.75, 3.05) is 0 Å². The molecule has 0 aliphatic carbocycles. The van der Waals surface area contributed by atoms with Gasteiger partial charge in [0.25, 0.3) is 0 Å². The molecule has 0 atom stereocenters. The molecule has 20 heavy (non-hydrogen) atoms. The van der Waals surface area contributed by atoms with E-state index in [2.05, 4.69) is 15.9 Å². The van der Waals surface area contributed by atoms with Gasteiger partial charge in [-0.1, -0.05) is 29.3 Å². The number of ether oxygens (including phenoxy) is 1. The molecule has 0 aromatic heterocycles. The van der Waals surface area contributed by atoms with Gasteiger partial charge in [0, 0.05) is 10.5 Å². The number of nitriles is 1. The minimum Gasteiger partial charge on any atom is -0.454 e. The molecule has 0 fully saturated rings. The van der Waals surface area contributed by atoms with Crippen LogP contribution in [0.15, 0.2) is 34.8 Å². The summed E-state index contributed by atoms with van der Waals surface area (Å²) in [4.78, 5) is 0. The van der Waals surface area contributed by atoms with Gasteiger partial charge in [0.15, 0.2) is 0 Å². The second-order valence-corrected chi connectivity index (χ2v) is 5.57.